The molecule has 0 spiro atoms. The Bertz CT molecular complexity index is 291. The summed E-state index contributed by atoms with van der Waals surface area (Å²) in [4.78, 5) is 3.84. The number of nitrogens with zero attached hydrogens (tertiary/aromatic N) is 2. The van der Waals surface area contributed by atoms with Gasteiger partial charge in [0.25, 0.3) is 0 Å². The molecule has 0 N–H and O–H groups in total. The molecule has 1 heterocycles. The third-order valence-corrected chi connectivity index (χ3v) is 2.01. The van der Waals surface area contributed by atoms with Gasteiger partial charge in [0.15, 0.2) is 0 Å². The van der Waals surface area contributed by atoms with Crippen LogP contribution in [0.15, 0.2) is 28.9 Å². The molecule has 0 saturated carbocycles. The third-order valence-electron chi connectivity index (χ3n) is 1.10. The summed E-state index contributed by atoms with van der Waals surface area (Å²) in [7, 11) is -1.09. The van der Waals surface area contributed by atoms with E-state index in [0.717, 1.165) is 0 Å². The second-order valence-corrected chi connectivity index (χ2v) is 3.32. The summed E-state index contributed by atoms with van der Waals surface area (Å²) in [5, 5.41) is 0. The first kappa shape index (κ1) is 8.20. The minimum absolute atomic E-state index is 0.550. The summed E-state index contributed by atoms with van der Waals surface area (Å²) in [6.45, 7) is 1.83. The van der Waals surface area contributed by atoms with E-state index in [1.807, 2.05) is 6.92 Å². The van der Waals surface area contributed by atoms with E-state index in [-0.39, 0.29) is 0 Å². The zero-order valence-corrected chi connectivity index (χ0v) is 7.04. The highest BCUT2D eigenvalue weighted by Crippen LogP contribution is 2.07. The molecule has 0 bridgehead atoms. The van der Waals surface area contributed by atoms with Gasteiger partial charge in [-0.15, -0.1) is 0 Å². The van der Waals surface area contributed by atoms with Gasteiger partial charge in [-0.05, 0) is 12.1 Å². The second-order valence-electron chi connectivity index (χ2n) is 1.91. The molecule has 0 fully saturated rings. The fraction of sp³-hybridized carbons (Fsp3) is 0.286. The van der Waals surface area contributed by atoms with Gasteiger partial charge < -0.3 is 8.57 Å². The Morgan fingerprint density at radius 1 is 1.73 bits per heavy atom. The minimum Gasteiger partial charge on any atom is -0.444 e. The van der Waals surface area contributed by atoms with E-state index >= 15 is 0 Å². The van der Waals surface area contributed by atoms with Gasteiger partial charge in [0.2, 0.25) is 0 Å². The van der Waals surface area contributed by atoms with E-state index < -0.39 is 10.6 Å². The van der Waals surface area contributed by atoms with Crippen molar-refractivity contribution in [2.75, 3.05) is 5.75 Å². The third kappa shape index (κ3) is 2.67. The van der Waals surface area contributed by atoms with Crippen LogP contribution in [-0.2, 0) is 14.8 Å². The maximum absolute atomic E-state index is 10.9. The van der Waals surface area contributed by atoms with Crippen LogP contribution in [0.5, 0.6) is 0 Å². The first-order chi connectivity index (χ1) is 5.33. The number of hydrogen-bond donors (Lipinski definition) is 0. The number of hydrogen-bond acceptors (Lipinski definition) is 4. The quantitative estimate of drug-likeness (QED) is 0.634. The molecule has 0 atom stereocenters. The number of pyridine rings is 1. The molecule has 0 saturated heterocycles. The first-order valence-electron chi connectivity index (χ1n) is 3.33. The molecule has 0 aliphatic rings. The second kappa shape index (κ2) is 4.08. The summed E-state index contributed by atoms with van der Waals surface area (Å²) in [6, 6.07) is 3.55. The van der Waals surface area contributed by atoms with Crippen molar-refractivity contribution in [2.24, 2.45) is 4.36 Å². The van der Waals surface area contributed by atoms with Crippen LogP contribution in [0.4, 0.5) is 5.69 Å². The van der Waals surface area contributed by atoms with Gasteiger partial charge in [0.05, 0.1) is 11.9 Å². The predicted molar refractivity (Wildman–Crippen MR) is 44.9 cm³/mol. The van der Waals surface area contributed by atoms with Gasteiger partial charge in [0, 0.05) is 6.20 Å². The van der Waals surface area contributed by atoms with Crippen molar-refractivity contribution >= 4 is 16.3 Å². The van der Waals surface area contributed by atoms with Gasteiger partial charge in [-0.1, -0.05) is 12.7 Å². The van der Waals surface area contributed by atoms with Gasteiger partial charge in [0.1, 0.15) is 0 Å². The zero-order valence-electron chi connectivity index (χ0n) is 6.23. The fourth-order valence-electron chi connectivity index (χ4n) is 0.590. The zero-order chi connectivity index (χ0) is 8.10. The maximum Gasteiger partial charge on any atom is 0.0552 e. The van der Waals surface area contributed by atoms with Gasteiger partial charge in [-0.25, -0.2) is 0 Å². The summed E-state index contributed by atoms with van der Waals surface area (Å²) >= 11 is 0. The fourth-order valence-corrected chi connectivity index (χ4v) is 1.06. The highest BCUT2D eigenvalue weighted by atomic mass is 32.2. The van der Waals surface area contributed by atoms with Crippen molar-refractivity contribution in [3.8, 4) is 0 Å². The molecule has 1 aromatic rings. The molecule has 60 valence electrons. The van der Waals surface area contributed by atoms with Crippen LogP contribution in [0.3, 0.4) is 0 Å². The average molecular weight is 169 g/mol. The average Bonchev–Trinajstić information content (AvgIpc) is 2.06. The lowest BCUT2D eigenvalue weighted by atomic mass is 10.4. The SMILES string of the molecule is CC[S-](=O)=Nc1cccnc1. The molecule has 0 aliphatic carbocycles. The van der Waals surface area contributed by atoms with Crippen LogP contribution < -0.4 is 0 Å². The Kier molecular flexibility index (Phi) is 3.04. The lowest BCUT2D eigenvalue weighted by Crippen LogP contribution is -1.76. The largest absolute Gasteiger partial charge is 0.444 e. The molecule has 0 aromatic carbocycles. The predicted octanol–water partition coefficient (Wildman–Crippen LogP) is 1.88. The van der Waals surface area contributed by atoms with Crippen molar-refractivity contribution in [1.82, 2.24) is 4.98 Å². The van der Waals surface area contributed by atoms with E-state index in [9.17, 15) is 4.21 Å². The topological polar surface area (TPSA) is 42.3 Å². The monoisotopic (exact) mass is 169 g/mol. The van der Waals surface area contributed by atoms with E-state index in [4.69, 9.17) is 0 Å². The van der Waals surface area contributed by atoms with Crippen LogP contribution in [0.25, 0.3) is 0 Å². The molecule has 4 heteroatoms. The smallest absolute Gasteiger partial charge is 0.0552 e. The molecular weight excluding hydrogens is 160 g/mol. The molecule has 1 rings (SSSR count). The summed E-state index contributed by atoms with van der Waals surface area (Å²) in [6.07, 6.45) is 3.25. The Labute approximate surface area is 67.7 Å². The standard InChI is InChI=1S/C7H9N2OS/c1-2-11(10)9-7-4-3-5-8-6-7/h3-6H,2H2,1H3/q-1. The number of aromatic nitrogens is 1. The molecule has 3 nitrogen and oxygen atoms in total. The Morgan fingerprint density at radius 2 is 2.55 bits per heavy atom. The first-order valence-corrected chi connectivity index (χ1v) is 4.60. The van der Waals surface area contributed by atoms with E-state index in [2.05, 4.69) is 9.35 Å². The van der Waals surface area contributed by atoms with Gasteiger partial charge in [-0.2, -0.15) is 10.6 Å². The lowest BCUT2D eigenvalue weighted by molar-refractivity contribution is 0.601. The molecule has 0 amide bonds. The van der Waals surface area contributed by atoms with E-state index in [1.54, 1.807) is 24.5 Å². The van der Waals surface area contributed by atoms with Crippen LogP contribution in [-0.4, -0.2) is 10.7 Å². The van der Waals surface area contributed by atoms with Crippen LogP contribution in [0, 0.1) is 0 Å². The van der Waals surface area contributed by atoms with Gasteiger partial charge in [-0.3, -0.25) is 4.98 Å². The van der Waals surface area contributed by atoms with E-state index in [1.165, 1.54) is 0 Å². The molecule has 0 aliphatic heterocycles. The molecule has 0 unspecified atom stereocenters. The van der Waals surface area contributed by atoms with Gasteiger partial charge >= 0.3 is 0 Å². The maximum atomic E-state index is 10.9. The summed E-state index contributed by atoms with van der Waals surface area (Å²) < 4.78 is 14.8. The summed E-state index contributed by atoms with van der Waals surface area (Å²) in [5.41, 5.74) is 0.674. The Morgan fingerprint density at radius 3 is 3.09 bits per heavy atom. The van der Waals surface area contributed by atoms with Crippen molar-refractivity contribution in [3.05, 3.63) is 24.5 Å². The van der Waals surface area contributed by atoms with Crippen molar-refractivity contribution < 1.29 is 4.21 Å². The summed E-state index contributed by atoms with van der Waals surface area (Å²) in [5.74, 6) is 0.550. The Balaban J connectivity index is 2.88. The van der Waals surface area contributed by atoms with Crippen LogP contribution >= 0.6 is 0 Å². The Hall–Kier alpha value is -0.900. The van der Waals surface area contributed by atoms with Crippen LogP contribution in [0.2, 0.25) is 0 Å². The van der Waals surface area contributed by atoms with Crippen molar-refractivity contribution in [1.29, 1.82) is 0 Å². The minimum atomic E-state index is -1.09. The number of rotatable bonds is 2. The van der Waals surface area contributed by atoms with Crippen molar-refractivity contribution in [3.63, 3.8) is 0 Å². The van der Waals surface area contributed by atoms with E-state index in [0.29, 0.717) is 11.4 Å². The molecule has 0 radical (unpaired) electrons. The highest BCUT2D eigenvalue weighted by Gasteiger charge is 1.78. The molecule has 1 aromatic heterocycles. The normalized spacial score (nSPS) is 13.2. The highest BCUT2D eigenvalue weighted by molar-refractivity contribution is 7.74. The van der Waals surface area contributed by atoms with Crippen LogP contribution in [0.1, 0.15) is 6.92 Å². The molecular formula is C7H9N2OS-. The van der Waals surface area contributed by atoms with Crippen molar-refractivity contribution in [2.45, 2.75) is 6.92 Å². The lowest BCUT2D eigenvalue weighted by Gasteiger charge is -1.97. The molecule has 11 heavy (non-hydrogen) atoms.